The Morgan fingerprint density at radius 2 is 1.76 bits per heavy atom. The number of esters is 1. The van der Waals surface area contributed by atoms with E-state index < -0.39 is 32.3 Å². The minimum atomic E-state index is -9.77. The molecule has 1 aromatic rings. The molecule has 0 aliphatic heterocycles. The SMILES string of the molecule is COC(=O)c1ccc(S(F)(F)(F)(F)F)cc1N. The summed E-state index contributed by atoms with van der Waals surface area (Å²) < 4.78 is 66.1. The zero-order valence-corrected chi connectivity index (χ0v) is 9.24. The number of hydrogen-bond donors (Lipinski definition) is 1. The van der Waals surface area contributed by atoms with Gasteiger partial charge in [0.15, 0.2) is 0 Å². The van der Waals surface area contributed by atoms with E-state index in [0.717, 1.165) is 7.11 Å². The number of ether oxygens (including phenoxy) is 1. The molecule has 1 rings (SSSR count). The Morgan fingerprint density at radius 3 is 2.12 bits per heavy atom. The van der Waals surface area contributed by atoms with Crippen LogP contribution in [-0.2, 0) is 4.74 Å². The van der Waals surface area contributed by atoms with E-state index in [1.54, 1.807) is 0 Å². The lowest BCUT2D eigenvalue weighted by Crippen LogP contribution is -2.10. The molecule has 1 aromatic carbocycles. The van der Waals surface area contributed by atoms with Crippen LogP contribution in [0.15, 0.2) is 23.1 Å². The van der Waals surface area contributed by atoms with E-state index in [1.165, 1.54) is 0 Å². The fourth-order valence-electron chi connectivity index (χ4n) is 1.08. The predicted molar refractivity (Wildman–Crippen MR) is 53.6 cm³/mol. The third-order valence-corrected chi connectivity index (χ3v) is 3.02. The van der Waals surface area contributed by atoms with Crippen molar-refractivity contribution in [3.8, 4) is 0 Å². The van der Waals surface area contributed by atoms with Crippen LogP contribution in [0, 0.1) is 0 Å². The highest BCUT2D eigenvalue weighted by Crippen LogP contribution is 3.02. The van der Waals surface area contributed by atoms with Crippen molar-refractivity contribution in [2.75, 3.05) is 12.8 Å². The Labute approximate surface area is 93.1 Å². The highest BCUT2D eigenvalue weighted by atomic mass is 32.5. The third kappa shape index (κ3) is 2.99. The fraction of sp³-hybridized carbons (Fsp3) is 0.125. The summed E-state index contributed by atoms with van der Waals surface area (Å²) in [4.78, 5) is 8.85. The van der Waals surface area contributed by atoms with Gasteiger partial charge >= 0.3 is 16.2 Å². The van der Waals surface area contributed by atoms with Gasteiger partial charge in [-0.2, -0.15) is 0 Å². The lowest BCUT2D eigenvalue weighted by molar-refractivity contribution is 0.0601. The normalized spacial score (nSPS) is 15.9. The van der Waals surface area contributed by atoms with Crippen LogP contribution in [0.4, 0.5) is 25.1 Å². The molecule has 9 heteroatoms. The van der Waals surface area contributed by atoms with Gasteiger partial charge < -0.3 is 10.5 Å². The van der Waals surface area contributed by atoms with Gasteiger partial charge in [-0.25, -0.2) is 4.79 Å². The van der Waals surface area contributed by atoms with Crippen molar-refractivity contribution in [2.45, 2.75) is 4.90 Å². The Morgan fingerprint density at radius 1 is 1.24 bits per heavy atom. The zero-order chi connectivity index (χ0) is 13.5. The number of nitrogens with two attached hydrogens (primary N) is 1. The number of carbonyl (C=O) groups excluding carboxylic acids is 1. The molecule has 0 amide bonds. The molecule has 0 fully saturated rings. The fourth-order valence-corrected chi connectivity index (χ4v) is 1.75. The van der Waals surface area contributed by atoms with Gasteiger partial charge in [-0.15, -0.1) is 0 Å². The van der Waals surface area contributed by atoms with Crippen molar-refractivity contribution in [3.63, 3.8) is 0 Å². The van der Waals surface area contributed by atoms with E-state index in [2.05, 4.69) is 4.74 Å². The number of halogens is 5. The smallest absolute Gasteiger partial charge is 0.339 e. The van der Waals surface area contributed by atoms with Crippen molar-refractivity contribution in [2.24, 2.45) is 0 Å². The first kappa shape index (κ1) is 13.6. The third-order valence-electron chi connectivity index (χ3n) is 1.87. The lowest BCUT2D eigenvalue weighted by Gasteiger charge is -2.40. The Kier molecular flexibility index (Phi) is 2.42. The molecule has 98 valence electrons. The van der Waals surface area contributed by atoms with E-state index in [-0.39, 0.29) is 12.1 Å². The summed E-state index contributed by atoms with van der Waals surface area (Å²) in [6.07, 6.45) is 0. The summed E-state index contributed by atoms with van der Waals surface area (Å²) in [6, 6.07) is 0.673. The van der Waals surface area contributed by atoms with E-state index in [9.17, 15) is 24.2 Å². The largest absolute Gasteiger partial charge is 0.465 e. The Hall–Kier alpha value is -1.51. The van der Waals surface area contributed by atoms with Crippen LogP contribution in [0.2, 0.25) is 0 Å². The molecular weight excluding hydrogens is 269 g/mol. The topological polar surface area (TPSA) is 52.3 Å². The molecule has 0 aliphatic carbocycles. The van der Waals surface area contributed by atoms with Crippen LogP contribution in [0.3, 0.4) is 0 Å². The maximum Gasteiger partial charge on any atom is 0.339 e. The number of nitrogen functional groups attached to an aromatic ring is 1. The second kappa shape index (κ2) is 3.03. The Balaban J connectivity index is 3.39. The summed E-state index contributed by atoms with van der Waals surface area (Å²) in [5.41, 5.74) is 3.97. The van der Waals surface area contributed by atoms with E-state index in [0.29, 0.717) is 6.07 Å². The number of hydrogen-bond acceptors (Lipinski definition) is 3. The van der Waals surface area contributed by atoms with E-state index >= 15 is 0 Å². The molecule has 3 nitrogen and oxygen atoms in total. The molecule has 0 atom stereocenters. The van der Waals surface area contributed by atoms with E-state index in [1.807, 2.05) is 0 Å². The number of rotatable bonds is 2. The molecule has 0 aliphatic rings. The molecular formula is C8H8F5NO2S. The highest BCUT2D eigenvalue weighted by molar-refractivity contribution is 8.45. The molecule has 0 unspecified atom stereocenters. The summed E-state index contributed by atoms with van der Waals surface area (Å²) >= 11 is 0. The van der Waals surface area contributed by atoms with Crippen LogP contribution in [0.25, 0.3) is 0 Å². The van der Waals surface area contributed by atoms with Gasteiger partial charge in [0.25, 0.3) is 0 Å². The van der Waals surface area contributed by atoms with Gasteiger partial charge in [-0.05, 0) is 18.2 Å². The van der Waals surface area contributed by atoms with Gasteiger partial charge in [0.1, 0.15) is 4.90 Å². The van der Waals surface area contributed by atoms with Gasteiger partial charge in [0.05, 0.1) is 12.7 Å². The van der Waals surface area contributed by atoms with Crippen LogP contribution in [0.1, 0.15) is 10.4 Å². The maximum atomic E-state index is 12.4. The number of benzene rings is 1. The molecule has 17 heavy (non-hydrogen) atoms. The van der Waals surface area contributed by atoms with E-state index in [4.69, 9.17) is 5.73 Å². The Bertz CT molecular complexity index is 484. The van der Waals surface area contributed by atoms with Gasteiger partial charge in [-0.3, -0.25) is 0 Å². The molecule has 0 heterocycles. The van der Waals surface area contributed by atoms with Crippen molar-refractivity contribution >= 4 is 21.9 Å². The molecule has 0 saturated carbocycles. The summed E-state index contributed by atoms with van der Waals surface area (Å²) in [5.74, 6) is -1.00. The number of methoxy groups -OCH3 is 1. The average Bonchev–Trinajstić information content (AvgIpc) is 2.13. The molecule has 2 N–H and O–H groups in total. The first-order valence-corrected chi connectivity index (χ1v) is 6.02. The quantitative estimate of drug-likeness (QED) is 0.509. The van der Waals surface area contributed by atoms with Gasteiger partial charge in [0, 0.05) is 5.69 Å². The first-order chi connectivity index (χ1) is 7.35. The minimum absolute atomic E-state index is 0.0216. The zero-order valence-electron chi connectivity index (χ0n) is 8.42. The second-order valence-corrected chi connectivity index (χ2v) is 5.62. The minimum Gasteiger partial charge on any atom is -0.465 e. The number of anilines is 1. The summed E-state index contributed by atoms with van der Waals surface area (Å²) in [6.45, 7) is 0. The standard InChI is InChI=1S/C8H8F5NO2S/c1-16-8(15)6-3-2-5(4-7(6)14)17(9,10,11,12)13/h2-4H,14H2,1H3. The summed E-state index contributed by atoms with van der Waals surface area (Å²) in [7, 11) is -8.78. The van der Waals surface area contributed by atoms with Crippen LogP contribution < -0.4 is 5.73 Å². The van der Waals surface area contributed by atoms with Crippen LogP contribution in [0.5, 0.6) is 0 Å². The summed E-state index contributed by atoms with van der Waals surface area (Å²) in [5, 5.41) is 0. The second-order valence-electron chi connectivity index (χ2n) is 3.21. The van der Waals surface area contributed by atoms with Crippen molar-refractivity contribution < 1.29 is 29.0 Å². The lowest BCUT2D eigenvalue weighted by atomic mass is 10.2. The van der Waals surface area contributed by atoms with Crippen molar-refractivity contribution in [3.05, 3.63) is 23.8 Å². The highest BCUT2D eigenvalue weighted by Gasteiger charge is 2.65. The van der Waals surface area contributed by atoms with Crippen molar-refractivity contribution in [1.82, 2.24) is 0 Å². The molecule has 0 aromatic heterocycles. The molecule has 0 spiro atoms. The van der Waals surface area contributed by atoms with Gasteiger partial charge in [0.2, 0.25) is 0 Å². The van der Waals surface area contributed by atoms with Gasteiger partial charge in [-0.1, -0.05) is 19.4 Å². The monoisotopic (exact) mass is 277 g/mol. The molecule has 0 radical (unpaired) electrons. The molecule has 0 bridgehead atoms. The average molecular weight is 277 g/mol. The van der Waals surface area contributed by atoms with Crippen LogP contribution in [-0.4, -0.2) is 13.1 Å². The van der Waals surface area contributed by atoms with Crippen molar-refractivity contribution in [1.29, 1.82) is 0 Å². The number of carbonyl (C=O) groups is 1. The molecule has 0 saturated heterocycles. The predicted octanol–water partition coefficient (Wildman–Crippen LogP) is 3.71. The first-order valence-electron chi connectivity index (χ1n) is 4.07. The van der Waals surface area contributed by atoms with Crippen LogP contribution >= 0.6 is 10.2 Å². The maximum absolute atomic E-state index is 12.4.